The summed E-state index contributed by atoms with van der Waals surface area (Å²) in [7, 11) is 1.83. The number of benzene rings is 2. The molecule has 252 valence electrons. The number of furan rings is 1. The second kappa shape index (κ2) is 16.0. The molecule has 1 fully saturated rings. The van der Waals surface area contributed by atoms with Crippen LogP contribution < -0.4 is 4.74 Å². The van der Waals surface area contributed by atoms with Gasteiger partial charge in [0.1, 0.15) is 17.7 Å². The molecular formula is C37H44N6O5. The van der Waals surface area contributed by atoms with Crippen molar-refractivity contribution in [2.75, 3.05) is 59.5 Å². The molecule has 6 rings (SSSR count). The summed E-state index contributed by atoms with van der Waals surface area (Å²) in [6.07, 6.45) is 4.08. The first-order chi connectivity index (χ1) is 23.4. The van der Waals surface area contributed by atoms with Gasteiger partial charge in [0.2, 0.25) is 5.88 Å². The minimum atomic E-state index is -0.637. The van der Waals surface area contributed by atoms with Crippen molar-refractivity contribution in [1.82, 2.24) is 29.1 Å². The van der Waals surface area contributed by atoms with Crippen LogP contribution in [0.3, 0.4) is 0 Å². The summed E-state index contributed by atoms with van der Waals surface area (Å²) < 4.78 is 19.4. The van der Waals surface area contributed by atoms with E-state index in [1.807, 2.05) is 78.3 Å². The van der Waals surface area contributed by atoms with Crippen LogP contribution in [0.5, 0.6) is 5.88 Å². The summed E-state index contributed by atoms with van der Waals surface area (Å²) in [5, 5.41) is 10.1. The molecule has 48 heavy (non-hydrogen) atoms. The first-order valence-corrected chi connectivity index (χ1v) is 16.6. The number of carbonyl (C=O) groups is 1. The van der Waals surface area contributed by atoms with E-state index in [0.717, 1.165) is 61.8 Å². The molecule has 0 aliphatic carbocycles. The van der Waals surface area contributed by atoms with E-state index >= 15 is 0 Å². The molecule has 1 unspecified atom stereocenters. The van der Waals surface area contributed by atoms with E-state index in [1.54, 1.807) is 23.0 Å². The van der Waals surface area contributed by atoms with E-state index in [2.05, 4.69) is 17.0 Å². The van der Waals surface area contributed by atoms with Gasteiger partial charge in [0.05, 0.1) is 37.3 Å². The number of morpholine rings is 1. The van der Waals surface area contributed by atoms with Crippen LogP contribution in [-0.4, -0.2) is 106 Å². The first kappa shape index (κ1) is 33.4. The topological polar surface area (TPSA) is 109 Å². The van der Waals surface area contributed by atoms with Gasteiger partial charge in [0.15, 0.2) is 5.65 Å². The highest BCUT2D eigenvalue weighted by atomic mass is 16.6. The number of aliphatic hydroxyl groups is 1. The van der Waals surface area contributed by atoms with Crippen molar-refractivity contribution < 1.29 is 23.8 Å². The lowest BCUT2D eigenvalue weighted by Gasteiger charge is -2.29. The average Bonchev–Trinajstić information content (AvgIpc) is 3.75. The van der Waals surface area contributed by atoms with E-state index in [-0.39, 0.29) is 0 Å². The number of hydrogen-bond acceptors (Lipinski definition) is 9. The van der Waals surface area contributed by atoms with Gasteiger partial charge in [-0.25, -0.2) is 14.8 Å². The van der Waals surface area contributed by atoms with Crippen molar-refractivity contribution >= 4 is 11.7 Å². The molecule has 4 heterocycles. The summed E-state index contributed by atoms with van der Waals surface area (Å²) in [6, 6.07) is 23.8. The number of amides is 1. The van der Waals surface area contributed by atoms with Crippen molar-refractivity contribution in [3.05, 3.63) is 108 Å². The predicted molar refractivity (Wildman–Crippen MR) is 183 cm³/mol. The Kier molecular flexibility index (Phi) is 11.1. The average molecular weight is 653 g/mol. The van der Waals surface area contributed by atoms with Gasteiger partial charge in [-0.05, 0) is 38.1 Å². The third-order valence-corrected chi connectivity index (χ3v) is 8.71. The van der Waals surface area contributed by atoms with Crippen LogP contribution in [0.2, 0.25) is 0 Å². The Morgan fingerprint density at radius 1 is 0.938 bits per heavy atom. The molecule has 11 heteroatoms. The van der Waals surface area contributed by atoms with Crippen LogP contribution in [0.4, 0.5) is 4.79 Å². The third kappa shape index (κ3) is 8.48. The van der Waals surface area contributed by atoms with Crippen LogP contribution in [0.25, 0.3) is 16.9 Å². The molecule has 3 aromatic heterocycles. The lowest BCUT2D eigenvalue weighted by Crippen LogP contribution is -2.43. The maximum atomic E-state index is 14.1. The predicted octanol–water partition coefficient (Wildman–Crippen LogP) is 4.96. The summed E-state index contributed by atoms with van der Waals surface area (Å²) in [5.74, 6) is 1.04. The van der Waals surface area contributed by atoms with E-state index in [9.17, 15) is 9.90 Å². The second-order valence-electron chi connectivity index (χ2n) is 12.2. The van der Waals surface area contributed by atoms with Crippen molar-refractivity contribution in [1.29, 1.82) is 0 Å². The Morgan fingerprint density at radius 2 is 1.69 bits per heavy atom. The molecule has 1 aliphatic heterocycles. The number of carbonyl (C=O) groups excluding carboxylic acids is 1. The fourth-order valence-electron chi connectivity index (χ4n) is 5.81. The largest absolute Gasteiger partial charge is 0.469 e. The highest BCUT2D eigenvalue weighted by molar-refractivity contribution is 5.72. The maximum absolute atomic E-state index is 14.1. The van der Waals surface area contributed by atoms with Crippen molar-refractivity contribution in [2.45, 2.75) is 32.4 Å². The van der Waals surface area contributed by atoms with Gasteiger partial charge in [-0.2, -0.15) is 0 Å². The maximum Gasteiger partial charge on any atom is 0.416 e. The molecule has 11 nitrogen and oxygen atoms in total. The second-order valence-corrected chi connectivity index (χ2v) is 12.2. The summed E-state index contributed by atoms with van der Waals surface area (Å²) in [4.78, 5) is 30.1. The van der Waals surface area contributed by atoms with Gasteiger partial charge in [-0.1, -0.05) is 60.7 Å². The van der Waals surface area contributed by atoms with E-state index < -0.39 is 12.3 Å². The summed E-state index contributed by atoms with van der Waals surface area (Å²) in [5.41, 5.74) is 4.75. The molecule has 1 N–H and O–H groups in total. The number of imidazole rings is 1. The lowest BCUT2D eigenvalue weighted by atomic mass is 10.1. The minimum absolute atomic E-state index is 0.336. The lowest BCUT2D eigenvalue weighted by molar-refractivity contribution is 0.0294. The number of ether oxygens (including phenoxy) is 2. The molecule has 0 saturated carbocycles. The van der Waals surface area contributed by atoms with E-state index in [0.29, 0.717) is 55.5 Å². The highest BCUT2D eigenvalue weighted by Crippen LogP contribution is 2.30. The normalized spacial score (nSPS) is 14.4. The monoisotopic (exact) mass is 652 g/mol. The summed E-state index contributed by atoms with van der Waals surface area (Å²) in [6.45, 7) is 7.17. The Labute approximate surface area is 281 Å². The minimum Gasteiger partial charge on any atom is -0.469 e. The Balaban J connectivity index is 1.36. The smallest absolute Gasteiger partial charge is 0.416 e. The number of aromatic nitrogens is 3. The molecule has 1 atom stereocenters. The number of nitrogens with zero attached hydrogens (tertiary/aromatic N) is 6. The van der Waals surface area contributed by atoms with Crippen molar-refractivity contribution in [3.63, 3.8) is 0 Å². The fraction of sp³-hybridized carbons (Fsp3) is 0.378. The Bertz CT molecular complexity index is 1740. The molecule has 1 amide bonds. The fourth-order valence-corrected chi connectivity index (χ4v) is 5.81. The van der Waals surface area contributed by atoms with Gasteiger partial charge in [0.25, 0.3) is 0 Å². The number of hydrogen-bond donors (Lipinski definition) is 1. The van der Waals surface area contributed by atoms with Crippen LogP contribution in [0.1, 0.15) is 36.1 Å². The number of fused-ring (bicyclic) bond motifs is 1. The highest BCUT2D eigenvalue weighted by Gasteiger charge is 2.25. The van der Waals surface area contributed by atoms with Gasteiger partial charge in [-0.15, -0.1) is 0 Å². The van der Waals surface area contributed by atoms with Crippen molar-refractivity contribution in [3.8, 4) is 17.1 Å². The molecular weight excluding hydrogens is 608 g/mol. The van der Waals surface area contributed by atoms with Gasteiger partial charge in [0, 0.05) is 57.4 Å². The molecule has 1 aliphatic rings. The van der Waals surface area contributed by atoms with Crippen LogP contribution in [-0.2, 0) is 17.6 Å². The molecule has 0 spiro atoms. The molecule has 0 radical (unpaired) electrons. The number of rotatable bonds is 14. The zero-order valence-corrected chi connectivity index (χ0v) is 27.7. The van der Waals surface area contributed by atoms with Crippen LogP contribution in [0, 0.1) is 0 Å². The SMILES string of the molecule is CC(O)N(C)CCN(CCCN1CCOCC1)C(=O)Oc1c(Cc2ccco2)nc2c(Cc3ccccc3)nc(-c3ccccc3)cn12. The Morgan fingerprint density at radius 3 is 2.40 bits per heavy atom. The quantitative estimate of drug-likeness (QED) is 0.167. The third-order valence-electron chi connectivity index (χ3n) is 8.71. The Hall–Kier alpha value is -4.55. The van der Waals surface area contributed by atoms with Crippen LogP contribution >= 0.6 is 0 Å². The van der Waals surface area contributed by atoms with Crippen LogP contribution in [0.15, 0.2) is 89.7 Å². The van der Waals surface area contributed by atoms with Gasteiger partial charge in [-0.3, -0.25) is 14.2 Å². The molecule has 2 aromatic carbocycles. The molecule has 5 aromatic rings. The molecule has 1 saturated heterocycles. The first-order valence-electron chi connectivity index (χ1n) is 16.6. The van der Waals surface area contributed by atoms with Crippen molar-refractivity contribution in [2.24, 2.45) is 0 Å². The number of likely N-dealkylation sites (N-methyl/N-ethyl adjacent to an activating group) is 1. The number of aliphatic hydroxyl groups excluding tert-OH is 1. The van der Waals surface area contributed by atoms with E-state index in [1.165, 1.54) is 0 Å². The zero-order valence-electron chi connectivity index (χ0n) is 27.7. The standard InChI is InChI=1S/C37H44N6O5/c1-28(44)40(2)18-19-42(17-10-16-41-20-23-46-24-21-41)37(45)48-36-33(26-31-15-9-22-47-31)39-35-32(25-29-11-5-3-6-12-29)38-34(27-43(35)36)30-13-7-4-8-14-30/h3-9,11-15,22,27-28,44H,10,16-21,23-26H2,1-2H3. The molecule has 0 bridgehead atoms. The van der Waals surface area contributed by atoms with E-state index in [4.69, 9.17) is 23.9 Å². The van der Waals surface area contributed by atoms with Gasteiger partial charge < -0.3 is 23.9 Å². The zero-order chi connectivity index (χ0) is 33.3. The van der Waals surface area contributed by atoms with Gasteiger partial charge >= 0.3 is 6.09 Å². The summed E-state index contributed by atoms with van der Waals surface area (Å²) >= 11 is 0.